The predicted octanol–water partition coefficient (Wildman–Crippen LogP) is 4.52. The summed E-state index contributed by atoms with van der Waals surface area (Å²) in [7, 11) is 2.18. The Labute approximate surface area is 196 Å². The summed E-state index contributed by atoms with van der Waals surface area (Å²) >= 11 is 0. The minimum Gasteiger partial charge on any atom is -0.457 e. The van der Waals surface area contributed by atoms with Crippen molar-refractivity contribution in [3.05, 3.63) is 89.5 Å². The molecule has 1 atom stereocenters. The van der Waals surface area contributed by atoms with Crippen LogP contribution in [0.3, 0.4) is 0 Å². The van der Waals surface area contributed by atoms with Crippen LogP contribution in [0.15, 0.2) is 72.8 Å². The number of carbonyl (C=O) groups is 1. The van der Waals surface area contributed by atoms with Crippen LogP contribution in [-0.4, -0.2) is 50.1 Å². The SMILES string of the molecule is CN1CCN(c2cccc3c2CC(NC(=O)c2cccc(Oc4ccccc4)c2)CC3)CC1. The van der Waals surface area contributed by atoms with Crippen LogP contribution in [0, 0.1) is 0 Å². The number of rotatable bonds is 5. The van der Waals surface area contributed by atoms with Crippen molar-refractivity contribution in [2.24, 2.45) is 0 Å². The molecule has 0 radical (unpaired) electrons. The van der Waals surface area contributed by atoms with E-state index in [2.05, 4.69) is 40.4 Å². The summed E-state index contributed by atoms with van der Waals surface area (Å²) in [6, 6.07) is 23.9. The molecule has 1 heterocycles. The summed E-state index contributed by atoms with van der Waals surface area (Å²) in [5, 5.41) is 3.28. The first-order valence-corrected chi connectivity index (χ1v) is 11.8. The van der Waals surface area contributed by atoms with Gasteiger partial charge in [0, 0.05) is 43.5 Å². The molecule has 0 saturated carbocycles. The van der Waals surface area contributed by atoms with Gasteiger partial charge in [0.05, 0.1) is 0 Å². The van der Waals surface area contributed by atoms with Gasteiger partial charge in [-0.3, -0.25) is 4.79 Å². The molecule has 3 aromatic carbocycles. The van der Waals surface area contributed by atoms with Crippen molar-refractivity contribution in [1.82, 2.24) is 10.2 Å². The summed E-state index contributed by atoms with van der Waals surface area (Å²) in [6.45, 7) is 4.28. The van der Waals surface area contributed by atoms with E-state index < -0.39 is 0 Å². The normalized spacial score (nSPS) is 18.5. The molecule has 1 saturated heterocycles. The number of nitrogens with one attached hydrogen (secondary N) is 1. The van der Waals surface area contributed by atoms with Crippen molar-refractivity contribution in [1.29, 1.82) is 0 Å². The average molecular weight is 442 g/mol. The van der Waals surface area contributed by atoms with E-state index in [0.29, 0.717) is 11.3 Å². The van der Waals surface area contributed by atoms with E-state index in [0.717, 1.165) is 51.2 Å². The van der Waals surface area contributed by atoms with Crippen molar-refractivity contribution in [3.63, 3.8) is 0 Å². The minimum atomic E-state index is -0.0426. The molecule has 3 aromatic rings. The zero-order valence-corrected chi connectivity index (χ0v) is 19.2. The Bertz CT molecular complexity index is 1110. The smallest absolute Gasteiger partial charge is 0.251 e. The number of amides is 1. The number of hydrogen-bond donors (Lipinski definition) is 1. The fourth-order valence-corrected chi connectivity index (χ4v) is 4.83. The molecule has 1 N–H and O–H groups in total. The maximum absolute atomic E-state index is 13.1. The Morgan fingerprint density at radius 3 is 2.48 bits per heavy atom. The molecule has 1 aliphatic heterocycles. The number of nitrogens with zero attached hydrogens (tertiary/aromatic N) is 2. The van der Waals surface area contributed by atoms with Gasteiger partial charge in [-0.15, -0.1) is 0 Å². The molecule has 1 aliphatic carbocycles. The Morgan fingerprint density at radius 1 is 0.909 bits per heavy atom. The van der Waals surface area contributed by atoms with Crippen LogP contribution in [0.25, 0.3) is 0 Å². The largest absolute Gasteiger partial charge is 0.457 e. The lowest BCUT2D eigenvalue weighted by atomic mass is 9.86. The van der Waals surface area contributed by atoms with Gasteiger partial charge in [0.1, 0.15) is 11.5 Å². The van der Waals surface area contributed by atoms with Gasteiger partial charge in [0.25, 0.3) is 5.91 Å². The summed E-state index contributed by atoms with van der Waals surface area (Å²) < 4.78 is 5.91. The molecule has 1 unspecified atom stereocenters. The Hall–Kier alpha value is -3.31. The van der Waals surface area contributed by atoms with E-state index in [1.165, 1.54) is 16.8 Å². The molecule has 0 bridgehead atoms. The molecular formula is C28H31N3O2. The van der Waals surface area contributed by atoms with Crippen molar-refractivity contribution >= 4 is 11.6 Å². The van der Waals surface area contributed by atoms with Gasteiger partial charge < -0.3 is 19.9 Å². The third-order valence-corrected chi connectivity index (χ3v) is 6.72. The summed E-state index contributed by atoms with van der Waals surface area (Å²) in [4.78, 5) is 18.0. The molecule has 5 nitrogen and oxygen atoms in total. The Kier molecular flexibility index (Phi) is 6.31. The number of anilines is 1. The highest BCUT2D eigenvalue weighted by Gasteiger charge is 2.25. The molecule has 0 aromatic heterocycles. The fraction of sp³-hybridized carbons (Fsp3) is 0.321. The van der Waals surface area contributed by atoms with E-state index in [1.54, 1.807) is 0 Å². The molecule has 2 aliphatic rings. The van der Waals surface area contributed by atoms with Crippen molar-refractivity contribution in [3.8, 4) is 11.5 Å². The highest BCUT2D eigenvalue weighted by Crippen LogP contribution is 2.31. The fourth-order valence-electron chi connectivity index (χ4n) is 4.83. The number of carbonyl (C=O) groups excluding carboxylic acids is 1. The van der Waals surface area contributed by atoms with Crippen LogP contribution in [0.1, 0.15) is 27.9 Å². The Morgan fingerprint density at radius 2 is 1.67 bits per heavy atom. The third kappa shape index (κ3) is 5.04. The number of fused-ring (bicyclic) bond motifs is 1. The van der Waals surface area contributed by atoms with Crippen LogP contribution in [0.4, 0.5) is 5.69 Å². The van der Waals surface area contributed by atoms with Crippen LogP contribution in [0.5, 0.6) is 11.5 Å². The number of benzene rings is 3. The van der Waals surface area contributed by atoms with Crippen molar-refractivity contribution in [2.45, 2.75) is 25.3 Å². The van der Waals surface area contributed by atoms with Crippen LogP contribution >= 0.6 is 0 Å². The highest BCUT2D eigenvalue weighted by atomic mass is 16.5. The van der Waals surface area contributed by atoms with Crippen LogP contribution < -0.4 is 15.0 Å². The monoisotopic (exact) mass is 441 g/mol. The maximum Gasteiger partial charge on any atom is 0.251 e. The quantitative estimate of drug-likeness (QED) is 0.632. The number of aryl methyl sites for hydroxylation is 1. The van der Waals surface area contributed by atoms with Gasteiger partial charge in [0.2, 0.25) is 0 Å². The number of para-hydroxylation sites is 1. The minimum absolute atomic E-state index is 0.0426. The van der Waals surface area contributed by atoms with Gasteiger partial charge in [-0.25, -0.2) is 0 Å². The Balaban J connectivity index is 1.27. The second kappa shape index (κ2) is 9.67. The number of likely N-dealkylation sites (N-methyl/N-ethyl adjacent to an activating group) is 1. The average Bonchev–Trinajstić information content (AvgIpc) is 2.85. The van der Waals surface area contributed by atoms with Gasteiger partial charge >= 0.3 is 0 Å². The van der Waals surface area contributed by atoms with E-state index in [9.17, 15) is 4.79 Å². The number of hydrogen-bond acceptors (Lipinski definition) is 4. The van der Waals surface area contributed by atoms with Gasteiger partial charge in [-0.05, 0) is 73.8 Å². The molecule has 33 heavy (non-hydrogen) atoms. The van der Waals surface area contributed by atoms with Crippen molar-refractivity contribution < 1.29 is 9.53 Å². The zero-order chi connectivity index (χ0) is 22.6. The topological polar surface area (TPSA) is 44.8 Å². The first-order chi connectivity index (χ1) is 16.2. The molecule has 5 rings (SSSR count). The lowest BCUT2D eigenvalue weighted by Crippen LogP contribution is -2.45. The third-order valence-electron chi connectivity index (χ3n) is 6.72. The van der Waals surface area contributed by atoms with Crippen LogP contribution in [-0.2, 0) is 12.8 Å². The predicted molar refractivity (Wildman–Crippen MR) is 132 cm³/mol. The molecule has 1 fully saturated rings. The standard InChI is InChI=1S/C28H31N3O2/c1-30-15-17-31(18-16-30)27-12-6-7-21-13-14-23(20-26(21)27)29-28(32)22-8-5-11-25(19-22)33-24-9-3-2-4-10-24/h2-12,19,23H,13-18,20H2,1H3,(H,29,32). The number of ether oxygens (including phenoxy) is 1. The summed E-state index contributed by atoms with van der Waals surface area (Å²) in [5.74, 6) is 1.38. The highest BCUT2D eigenvalue weighted by molar-refractivity contribution is 5.94. The zero-order valence-electron chi connectivity index (χ0n) is 19.2. The molecule has 1 amide bonds. The summed E-state index contributed by atoms with van der Waals surface area (Å²) in [6.07, 6.45) is 2.84. The molecule has 170 valence electrons. The molecule has 5 heteroatoms. The van der Waals surface area contributed by atoms with Gasteiger partial charge in [-0.1, -0.05) is 36.4 Å². The van der Waals surface area contributed by atoms with Crippen molar-refractivity contribution in [2.75, 3.05) is 38.1 Å². The number of piperazine rings is 1. The maximum atomic E-state index is 13.1. The van der Waals surface area contributed by atoms with E-state index in [1.807, 2.05) is 54.6 Å². The first-order valence-electron chi connectivity index (χ1n) is 11.8. The lowest BCUT2D eigenvalue weighted by Gasteiger charge is -2.37. The van der Waals surface area contributed by atoms with Crippen LogP contribution in [0.2, 0.25) is 0 Å². The molecule has 0 spiro atoms. The second-order valence-corrected chi connectivity index (χ2v) is 9.06. The van der Waals surface area contributed by atoms with E-state index >= 15 is 0 Å². The van der Waals surface area contributed by atoms with E-state index in [-0.39, 0.29) is 11.9 Å². The van der Waals surface area contributed by atoms with Gasteiger partial charge in [0.15, 0.2) is 0 Å². The first kappa shape index (κ1) is 21.5. The summed E-state index contributed by atoms with van der Waals surface area (Å²) in [5.41, 5.74) is 4.80. The van der Waals surface area contributed by atoms with E-state index in [4.69, 9.17) is 4.74 Å². The molecular weight excluding hydrogens is 410 g/mol. The lowest BCUT2D eigenvalue weighted by molar-refractivity contribution is 0.0933. The van der Waals surface area contributed by atoms with Gasteiger partial charge in [-0.2, -0.15) is 0 Å². The second-order valence-electron chi connectivity index (χ2n) is 9.06.